The van der Waals surface area contributed by atoms with Crippen molar-refractivity contribution in [2.24, 2.45) is 7.05 Å². The summed E-state index contributed by atoms with van der Waals surface area (Å²) in [6.07, 6.45) is 0. The summed E-state index contributed by atoms with van der Waals surface area (Å²) in [5.41, 5.74) is 1.81. The lowest BCUT2D eigenvalue weighted by Gasteiger charge is -2.08. The number of benzene rings is 1. The van der Waals surface area contributed by atoms with Gasteiger partial charge in [-0.25, -0.2) is 0 Å². The normalized spacial score (nSPS) is 10.8. The number of amides is 1. The highest BCUT2D eigenvalue weighted by atomic mass is 32.2. The lowest BCUT2D eigenvalue weighted by molar-refractivity contribution is -0.113. The highest BCUT2D eigenvalue weighted by molar-refractivity contribution is 7.99. The molecule has 0 aliphatic heterocycles. The van der Waals surface area contributed by atoms with Crippen molar-refractivity contribution in [2.75, 3.05) is 18.2 Å². The van der Waals surface area contributed by atoms with Crippen molar-refractivity contribution < 1.29 is 9.53 Å². The molecule has 1 N–H and O–H groups in total. The third-order valence-corrected chi connectivity index (χ3v) is 4.95. The summed E-state index contributed by atoms with van der Waals surface area (Å²) in [6.45, 7) is 4.62. The number of anilines is 1. The molecular weight excluding hydrogens is 364 g/mol. The molecule has 2 aromatic heterocycles. The van der Waals surface area contributed by atoms with Crippen molar-refractivity contribution >= 4 is 23.5 Å². The van der Waals surface area contributed by atoms with E-state index in [-0.39, 0.29) is 11.7 Å². The van der Waals surface area contributed by atoms with Crippen molar-refractivity contribution in [1.29, 1.82) is 0 Å². The average Bonchev–Trinajstić information content (AvgIpc) is 3.22. The summed E-state index contributed by atoms with van der Waals surface area (Å²) in [4.78, 5) is 12.2. The molecule has 0 aliphatic carbocycles. The molecule has 2 heterocycles. The highest BCUT2D eigenvalue weighted by Gasteiger charge is 2.15. The van der Waals surface area contributed by atoms with Crippen molar-refractivity contribution in [3.05, 3.63) is 36.0 Å². The molecule has 1 amide bonds. The molecule has 8 nitrogen and oxygen atoms in total. The van der Waals surface area contributed by atoms with Crippen LogP contribution in [0.25, 0.3) is 11.4 Å². The van der Waals surface area contributed by atoms with Gasteiger partial charge in [-0.05, 0) is 38.1 Å². The summed E-state index contributed by atoms with van der Waals surface area (Å²) in [7, 11) is 3.43. The van der Waals surface area contributed by atoms with Gasteiger partial charge < -0.3 is 14.6 Å². The van der Waals surface area contributed by atoms with Crippen LogP contribution in [0.4, 0.5) is 5.82 Å². The Hall–Kier alpha value is -2.81. The molecule has 9 heteroatoms. The first-order valence-corrected chi connectivity index (χ1v) is 9.51. The Morgan fingerprint density at radius 2 is 2.00 bits per heavy atom. The van der Waals surface area contributed by atoms with E-state index in [1.165, 1.54) is 11.8 Å². The standard InChI is InChI=1S/C18H22N6O2S/c1-5-24-17(13-6-8-14(26-4)9-7-13)20-21-18(24)27-11-16(25)19-15-10-12(2)22-23(15)3/h6-10H,5,11H2,1-4H3,(H,19,25). The maximum absolute atomic E-state index is 12.2. The van der Waals surface area contributed by atoms with Crippen LogP contribution in [0.15, 0.2) is 35.5 Å². The van der Waals surface area contributed by atoms with Crippen LogP contribution in [-0.2, 0) is 18.4 Å². The second-order valence-electron chi connectivity index (χ2n) is 5.91. The van der Waals surface area contributed by atoms with Gasteiger partial charge in [-0.15, -0.1) is 10.2 Å². The van der Waals surface area contributed by atoms with E-state index in [1.54, 1.807) is 18.8 Å². The Morgan fingerprint density at radius 1 is 1.26 bits per heavy atom. The second kappa shape index (κ2) is 8.26. The lowest BCUT2D eigenvalue weighted by atomic mass is 10.2. The van der Waals surface area contributed by atoms with E-state index in [2.05, 4.69) is 20.6 Å². The number of ether oxygens (including phenoxy) is 1. The topological polar surface area (TPSA) is 86.9 Å². The number of nitrogens with zero attached hydrogens (tertiary/aromatic N) is 5. The van der Waals surface area contributed by atoms with Gasteiger partial charge >= 0.3 is 0 Å². The minimum atomic E-state index is -0.111. The molecule has 0 unspecified atom stereocenters. The first kappa shape index (κ1) is 19.0. The van der Waals surface area contributed by atoms with Crippen LogP contribution in [0.2, 0.25) is 0 Å². The zero-order valence-corrected chi connectivity index (χ0v) is 16.6. The van der Waals surface area contributed by atoms with Crippen molar-refractivity contribution in [1.82, 2.24) is 24.5 Å². The fourth-order valence-corrected chi connectivity index (χ4v) is 3.47. The van der Waals surface area contributed by atoms with E-state index < -0.39 is 0 Å². The molecule has 3 rings (SSSR count). The van der Waals surface area contributed by atoms with Crippen LogP contribution < -0.4 is 10.1 Å². The third kappa shape index (κ3) is 4.30. The van der Waals surface area contributed by atoms with Gasteiger partial charge in [0.15, 0.2) is 11.0 Å². The third-order valence-electron chi connectivity index (χ3n) is 3.98. The number of thioether (sulfide) groups is 1. The summed E-state index contributed by atoms with van der Waals surface area (Å²) in [5, 5.41) is 16.3. The van der Waals surface area contributed by atoms with E-state index in [9.17, 15) is 4.79 Å². The number of hydrogen-bond donors (Lipinski definition) is 1. The number of carbonyl (C=O) groups is 1. The molecular formula is C18H22N6O2S. The van der Waals surface area contributed by atoms with Gasteiger partial charge in [0, 0.05) is 25.2 Å². The Balaban J connectivity index is 1.69. The molecule has 27 heavy (non-hydrogen) atoms. The number of aryl methyl sites for hydroxylation is 2. The van der Waals surface area contributed by atoms with E-state index in [1.807, 2.05) is 48.7 Å². The summed E-state index contributed by atoms with van der Waals surface area (Å²) in [5.74, 6) is 2.36. The van der Waals surface area contributed by atoms with Crippen LogP contribution in [0.3, 0.4) is 0 Å². The quantitative estimate of drug-likeness (QED) is 0.628. The maximum Gasteiger partial charge on any atom is 0.235 e. The van der Waals surface area contributed by atoms with Crippen LogP contribution in [0.1, 0.15) is 12.6 Å². The zero-order valence-electron chi connectivity index (χ0n) is 15.8. The van der Waals surface area contributed by atoms with E-state index >= 15 is 0 Å². The lowest BCUT2D eigenvalue weighted by Crippen LogP contribution is -2.16. The van der Waals surface area contributed by atoms with Gasteiger partial charge in [-0.1, -0.05) is 11.8 Å². The molecule has 0 radical (unpaired) electrons. The zero-order chi connectivity index (χ0) is 19.4. The molecule has 0 saturated carbocycles. The highest BCUT2D eigenvalue weighted by Crippen LogP contribution is 2.25. The molecule has 1 aromatic carbocycles. The smallest absolute Gasteiger partial charge is 0.235 e. The van der Waals surface area contributed by atoms with Gasteiger partial charge in [0.1, 0.15) is 11.6 Å². The molecule has 3 aromatic rings. The van der Waals surface area contributed by atoms with Crippen molar-refractivity contribution in [3.8, 4) is 17.1 Å². The van der Waals surface area contributed by atoms with Gasteiger partial charge in [0.2, 0.25) is 5.91 Å². The fraction of sp³-hybridized carbons (Fsp3) is 0.333. The number of carbonyl (C=O) groups excluding carboxylic acids is 1. The molecule has 0 spiro atoms. The largest absolute Gasteiger partial charge is 0.497 e. The fourth-order valence-electron chi connectivity index (χ4n) is 2.67. The number of nitrogens with one attached hydrogen (secondary N) is 1. The van der Waals surface area contributed by atoms with E-state index in [4.69, 9.17) is 4.74 Å². The van der Waals surface area contributed by atoms with Crippen molar-refractivity contribution in [3.63, 3.8) is 0 Å². The SMILES string of the molecule is CCn1c(SCC(=O)Nc2cc(C)nn2C)nnc1-c1ccc(OC)cc1. The van der Waals surface area contributed by atoms with Crippen molar-refractivity contribution in [2.45, 2.75) is 25.5 Å². The molecule has 0 aliphatic rings. The minimum Gasteiger partial charge on any atom is -0.497 e. The monoisotopic (exact) mass is 386 g/mol. The molecule has 0 fully saturated rings. The van der Waals surface area contributed by atoms with E-state index in [0.29, 0.717) is 17.5 Å². The predicted octanol–water partition coefficient (Wildman–Crippen LogP) is 2.75. The second-order valence-corrected chi connectivity index (χ2v) is 6.85. The Labute approximate surface area is 161 Å². The molecule has 0 bridgehead atoms. The molecule has 0 atom stereocenters. The minimum absolute atomic E-state index is 0.111. The van der Waals surface area contributed by atoms with Crippen LogP contribution in [-0.4, -0.2) is 43.3 Å². The number of rotatable bonds is 7. The van der Waals surface area contributed by atoms with E-state index in [0.717, 1.165) is 22.8 Å². The average molecular weight is 386 g/mol. The molecule has 142 valence electrons. The summed E-state index contributed by atoms with van der Waals surface area (Å²) < 4.78 is 8.83. The summed E-state index contributed by atoms with van der Waals surface area (Å²) >= 11 is 1.36. The van der Waals surface area contributed by atoms with Gasteiger partial charge in [-0.2, -0.15) is 5.10 Å². The predicted molar refractivity (Wildman–Crippen MR) is 105 cm³/mol. The van der Waals surface area contributed by atoms with Crippen LogP contribution >= 0.6 is 11.8 Å². The van der Waals surface area contributed by atoms with Crippen LogP contribution in [0.5, 0.6) is 5.75 Å². The summed E-state index contributed by atoms with van der Waals surface area (Å²) in [6, 6.07) is 9.50. The Bertz CT molecular complexity index is 932. The van der Waals surface area contributed by atoms with Gasteiger partial charge in [0.05, 0.1) is 18.6 Å². The first-order valence-electron chi connectivity index (χ1n) is 8.52. The van der Waals surface area contributed by atoms with Gasteiger partial charge in [-0.3, -0.25) is 9.48 Å². The number of methoxy groups -OCH3 is 1. The van der Waals surface area contributed by atoms with Crippen LogP contribution in [0, 0.1) is 6.92 Å². The number of hydrogen-bond acceptors (Lipinski definition) is 6. The maximum atomic E-state index is 12.2. The number of aromatic nitrogens is 5. The first-order chi connectivity index (χ1) is 13.0. The Morgan fingerprint density at radius 3 is 2.59 bits per heavy atom. The van der Waals surface area contributed by atoms with Gasteiger partial charge in [0.25, 0.3) is 0 Å². The molecule has 0 saturated heterocycles. The Kier molecular flexibility index (Phi) is 5.80.